The normalized spacial score (nSPS) is 10.6. The van der Waals surface area contributed by atoms with E-state index in [-0.39, 0.29) is 12.0 Å². The molecule has 3 aromatic rings. The number of hydrogen-bond donors (Lipinski definition) is 1. The summed E-state index contributed by atoms with van der Waals surface area (Å²) in [5, 5.41) is 0.477. The van der Waals surface area contributed by atoms with Crippen LogP contribution in [0.15, 0.2) is 59.4 Å². The van der Waals surface area contributed by atoms with Crippen LogP contribution in [0, 0.1) is 0 Å². The summed E-state index contributed by atoms with van der Waals surface area (Å²) in [6.07, 6.45) is 0. The average Bonchev–Trinajstić information content (AvgIpc) is 2.55. The third kappa shape index (κ3) is 2.51. The molecule has 3 rings (SSSR count). The zero-order valence-corrected chi connectivity index (χ0v) is 12.1. The van der Waals surface area contributed by atoms with Gasteiger partial charge in [-0.15, -0.1) is 0 Å². The lowest BCUT2D eigenvalue weighted by molar-refractivity contribution is 0.0528. The highest BCUT2D eigenvalue weighted by atomic mass is 16.5. The molecule has 0 unspecified atom stereocenters. The first-order chi connectivity index (χ1) is 10.7. The number of hydrogen-bond acceptors (Lipinski definition) is 3. The molecule has 0 saturated heterocycles. The Hall–Kier alpha value is -2.88. The maximum Gasteiger partial charge on any atom is 0.340 e. The van der Waals surface area contributed by atoms with Gasteiger partial charge < -0.3 is 9.72 Å². The van der Waals surface area contributed by atoms with Crippen LogP contribution in [0.3, 0.4) is 0 Å². The highest BCUT2D eigenvalue weighted by Gasteiger charge is 2.14. The molecule has 4 nitrogen and oxygen atoms in total. The molecule has 1 N–H and O–H groups in total. The average molecular weight is 293 g/mol. The molecular formula is C18H15NO3. The first-order valence-corrected chi connectivity index (χ1v) is 7.09. The van der Waals surface area contributed by atoms with Gasteiger partial charge in [-0.05, 0) is 24.6 Å². The molecule has 0 amide bonds. The van der Waals surface area contributed by atoms with Crippen molar-refractivity contribution in [3.05, 3.63) is 70.4 Å². The van der Waals surface area contributed by atoms with E-state index in [4.69, 9.17) is 4.74 Å². The summed E-state index contributed by atoms with van der Waals surface area (Å²) < 4.78 is 5.06. The summed E-state index contributed by atoms with van der Waals surface area (Å²) in [5.74, 6) is -0.436. The Kier molecular flexibility index (Phi) is 3.74. The predicted molar refractivity (Wildman–Crippen MR) is 86.0 cm³/mol. The first-order valence-electron chi connectivity index (χ1n) is 7.09. The largest absolute Gasteiger partial charge is 0.462 e. The molecular weight excluding hydrogens is 278 g/mol. The maximum absolute atomic E-state index is 12.3. The van der Waals surface area contributed by atoms with E-state index in [0.717, 1.165) is 5.56 Å². The van der Waals surface area contributed by atoms with Crippen molar-refractivity contribution in [2.24, 2.45) is 0 Å². The Morgan fingerprint density at radius 2 is 1.86 bits per heavy atom. The molecule has 0 aliphatic carbocycles. The second-order valence-corrected chi connectivity index (χ2v) is 4.86. The highest BCUT2D eigenvalue weighted by molar-refractivity contribution is 6.03. The number of ether oxygens (including phenoxy) is 1. The number of aromatic amines is 1. The van der Waals surface area contributed by atoms with Gasteiger partial charge >= 0.3 is 5.97 Å². The predicted octanol–water partition coefficient (Wildman–Crippen LogP) is 3.37. The molecule has 1 heterocycles. The number of rotatable bonds is 3. The number of carbonyl (C=O) groups excluding carboxylic acids is 1. The summed E-state index contributed by atoms with van der Waals surface area (Å²) in [7, 11) is 0. The molecule has 4 heteroatoms. The van der Waals surface area contributed by atoms with Gasteiger partial charge in [0.05, 0.1) is 17.7 Å². The van der Waals surface area contributed by atoms with Crippen molar-refractivity contribution >= 4 is 16.9 Å². The topological polar surface area (TPSA) is 59.2 Å². The molecule has 1 aromatic heterocycles. The van der Waals surface area contributed by atoms with E-state index in [0.29, 0.717) is 22.2 Å². The number of fused-ring (bicyclic) bond motifs is 1. The van der Waals surface area contributed by atoms with Gasteiger partial charge in [0.25, 0.3) is 0 Å². The lowest BCUT2D eigenvalue weighted by Crippen LogP contribution is -2.10. The van der Waals surface area contributed by atoms with Crippen molar-refractivity contribution in [2.45, 2.75) is 6.92 Å². The van der Waals surface area contributed by atoms with Crippen LogP contribution in [-0.4, -0.2) is 17.6 Å². The first kappa shape index (κ1) is 14.1. The smallest absolute Gasteiger partial charge is 0.340 e. The minimum Gasteiger partial charge on any atom is -0.462 e. The number of nitrogens with one attached hydrogen (secondary N) is 1. The van der Waals surface area contributed by atoms with Gasteiger partial charge in [-0.25, -0.2) is 4.79 Å². The van der Waals surface area contributed by atoms with Gasteiger partial charge in [0, 0.05) is 17.1 Å². The van der Waals surface area contributed by atoms with Crippen LogP contribution in [0.5, 0.6) is 0 Å². The number of carbonyl (C=O) groups is 1. The molecule has 0 aliphatic rings. The van der Waals surface area contributed by atoms with Gasteiger partial charge in [-0.1, -0.05) is 36.4 Å². The fourth-order valence-electron chi connectivity index (χ4n) is 2.42. The van der Waals surface area contributed by atoms with E-state index in [1.807, 2.05) is 30.3 Å². The molecule has 22 heavy (non-hydrogen) atoms. The van der Waals surface area contributed by atoms with Gasteiger partial charge in [-0.2, -0.15) is 0 Å². The third-order valence-electron chi connectivity index (χ3n) is 3.45. The standard InChI is InChI=1S/C18H15NO3/c1-2-22-18(21)14-10-6-9-13-16(20)11-15(19-17(13)14)12-7-4-3-5-8-12/h3-11H,2H2,1H3,(H,19,20). The van der Waals surface area contributed by atoms with Crippen LogP contribution in [0.1, 0.15) is 17.3 Å². The van der Waals surface area contributed by atoms with Crippen LogP contribution in [-0.2, 0) is 4.74 Å². The maximum atomic E-state index is 12.3. The fourth-order valence-corrected chi connectivity index (χ4v) is 2.42. The van der Waals surface area contributed by atoms with Crippen LogP contribution in [0.25, 0.3) is 22.2 Å². The van der Waals surface area contributed by atoms with Gasteiger partial charge in [0.1, 0.15) is 0 Å². The van der Waals surface area contributed by atoms with Gasteiger partial charge in [0.15, 0.2) is 5.43 Å². The Labute approximate surface area is 127 Å². The van der Waals surface area contributed by atoms with Crippen molar-refractivity contribution in [2.75, 3.05) is 6.61 Å². The fraction of sp³-hybridized carbons (Fsp3) is 0.111. The van der Waals surface area contributed by atoms with Crippen molar-refractivity contribution in [1.82, 2.24) is 4.98 Å². The number of esters is 1. The van der Waals surface area contributed by atoms with Gasteiger partial charge in [0.2, 0.25) is 0 Å². The highest BCUT2D eigenvalue weighted by Crippen LogP contribution is 2.21. The molecule has 2 aromatic carbocycles. The molecule has 0 radical (unpaired) electrons. The van der Waals surface area contributed by atoms with E-state index >= 15 is 0 Å². The van der Waals surface area contributed by atoms with E-state index in [1.165, 1.54) is 0 Å². The lowest BCUT2D eigenvalue weighted by atomic mass is 10.1. The van der Waals surface area contributed by atoms with Crippen molar-refractivity contribution in [1.29, 1.82) is 0 Å². The minimum absolute atomic E-state index is 0.126. The van der Waals surface area contributed by atoms with E-state index in [2.05, 4.69) is 4.98 Å². The molecule has 0 fully saturated rings. The number of aromatic nitrogens is 1. The molecule has 0 bridgehead atoms. The monoisotopic (exact) mass is 293 g/mol. The van der Waals surface area contributed by atoms with Crippen LogP contribution < -0.4 is 5.43 Å². The molecule has 0 atom stereocenters. The molecule has 0 aliphatic heterocycles. The molecule has 110 valence electrons. The number of benzene rings is 2. The number of H-pyrrole nitrogens is 1. The number of para-hydroxylation sites is 1. The summed E-state index contributed by atoms with van der Waals surface area (Å²) in [6.45, 7) is 2.04. The zero-order valence-electron chi connectivity index (χ0n) is 12.1. The van der Waals surface area contributed by atoms with E-state index in [1.54, 1.807) is 31.2 Å². The minimum atomic E-state index is -0.436. The SMILES string of the molecule is CCOC(=O)c1cccc2c(=O)cc(-c3ccccc3)[nH]c12. The number of pyridine rings is 1. The molecule has 0 spiro atoms. The Bertz CT molecular complexity index is 882. The third-order valence-corrected chi connectivity index (χ3v) is 3.45. The summed E-state index contributed by atoms with van der Waals surface area (Å²) in [6, 6.07) is 16.1. The Balaban J connectivity index is 2.25. The van der Waals surface area contributed by atoms with E-state index < -0.39 is 5.97 Å². The zero-order chi connectivity index (χ0) is 15.5. The summed E-state index contributed by atoms with van der Waals surface area (Å²) in [4.78, 5) is 27.6. The second-order valence-electron chi connectivity index (χ2n) is 4.86. The molecule has 0 saturated carbocycles. The second kappa shape index (κ2) is 5.85. The lowest BCUT2D eigenvalue weighted by Gasteiger charge is -2.08. The van der Waals surface area contributed by atoms with E-state index in [9.17, 15) is 9.59 Å². The van der Waals surface area contributed by atoms with Crippen LogP contribution in [0.2, 0.25) is 0 Å². The summed E-state index contributed by atoms with van der Waals surface area (Å²) in [5.41, 5.74) is 2.32. The van der Waals surface area contributed by atoms with Gasteiger partial charge in [-0.3, -0.25) is 4.79 Å². The van der Waals surface area contributed by atoms with Crippen molar-refractivity contribution < 1.29 is 9.53 Å². The Morgan fingerprint density at radius 1 is 1.09 bits per heavy atom. The summed E-state index contributed by atoms with van der Waals surface area (Å²) >= 11 is 0. The van der Waals surface area contributed by atoms with Crippen LogP contribution >= 0.6 is 0 Å². The Morgan fingerprint density at radius 3 is 2.59 bits per heavy atom. The quantitative estimate of drug-likeness (QED) is 0.753. The van der Waals surface area contributed by atoms with Crippen molar-refractivity contribution in [3.63, 3.8) is 0 Å². The van der Waals surface area contributed by atoms with Crippen LogP contribution in [0.4, 0.5) is 0 Å². The van der Waals surface area contributed by atoms with Crippen molar-refractivity contribution in [3.8, 4) is 11.3 Å².